The predicted octanol–water partition coefficient (Wildman–Crippen LogP) is 2.53. The molecule has 0 spiro atoms. The number of methoxy groups -OCH3 is 1. The van der Waals surface area contributed by atoms with E-state index in [-0.39, 0.29) is 5.69 Å². The lowest BCUT2D eigenvalue weighted by molar-refractivity contribution is 0.0593. The average molecular weight is 289 g/mol. The number of anilines is 2. The zero-order valence-corrected chi connectivity index (χ0v) is 11.2. The third-order valence-corrected chi connectivity index (χ3v) is 2.63. The van der Waals surface area contributed by atoms with E-state index in [0.717, 1.165) is 0 Å². The van der Waals surface area contributed by atoms with Crippen LogP contribution in [0.25, 0.3) is 0 Å². The van der Waals surface area contributed by atoms with E-state index in [1.807, 2.05) is 6.07 Å². The largest absolute Gasteiger partial charge is 0.464 e. The molecule has 2 aromatic rings. The molecule has 20 heavy (non-hydrogen) atoms. The van der Waals surface area contributed by atoms with Crippen molar-refractivity contribution in [1.29, 1.82) is 5.26 Å². The lowest BCUT2D eigenvalue weighted by Gasteiger charge is -2.08. The minimum absolute atomic E-state index is 0.0676. The van der Waals surface area contributed by atoms with Crippen molar-refractivity contribution >= 4 is 29.1 Å². The van der Waals surface area contributed by atoms with Crippen molar-refractivity contribution in [3.63, 3.8) is 0 Å². The molecule has 7 heteroatoms. The van der Waals surface area contributed by atoms with Crippen LogP contribution < -0.4 is 5.32 Å². The van der Waals surface area contributed by atoms with Gasteiger partial charge in [0, 0.05) is 5.02 Å². The Morgan fingerprint density at radius 3 is 2.95 bits per heavy atom. The molecule has 0 unspecified atom stereocenters. The van der Waals surface area contributed by atoms with Crippen LogP contribution in [0.1, 0.15) is 16.1 Å². The van der Waals surface area contributed by atoms with Gasteiger partial charge in [0.1, 0.15) is 11.9 Å². The van der Waals surface area contributed by atoms with E-state index < -0.39 is 5.97 Å². The molecule has 0 aliphatic heterocycles. The zero-order chi connectivity index (χ0) is 14.5. The normalized spacial score (nSPS) is 9.65. The topological polar surface area (TPSA) is 87.9 Å². The van der Waals surface area contributed by atoms with Crippen molar-refractivity contribution in [3.05, 3.63) is 46.9 Å². The number of rotatable bonds is 3. The summed E-state index contributed by atoms with van der Waals surface area (Å²) in [4.78, 5) is 19.3. The van der Waals surface area contributed by atoms with E-state index in [4.69, 9.17) is 16.9 Å². The molecule has 2 rings (SSSR count). The van der Waals surface area contributed by atoms with Crippen LogP contribution in [0.2, 0.25) is 5.02 Å². The van der Waals surface area contributed by atoms with Crippen LogP contribution in [0.15, 0.2) is 30.6 Å². The Hall–Kier alpha value is -2.65. The Balaban J connectivity index is 2.33. The molecule has 1 aromatic carbocycles. The summed E-state index contributed by atoms with van der Waals surface area (Å²) in [6.45, 7) is 0. The summed E-state index contributed by atoms with van der Waals surface area (Å²) in [5.74, 6) is -0.278. The van der Waals surface area contributed by atoms with Gasteiger partial charge in [0.15, 0.2) is 5.69 Å². The molecule has 6 nitrogen and oxygen atoms in total. The summed E-state index contributed by atoms with van der Waals surface area (Å²) in [5.41, 5.74) is 0.953. The van der Waals surface area contributed by atoms with E-state index in [1.54, 1.807) is 18.2 Å². The highest BCUT2D eigenvalue weighted by Gasteiger charge is 2.10. The summed E-state index contributed by atoms with van der Waals surface area (Å²) in [7, 11) is 1.26. The number of halogens is 1. The summed E-state index contributed by atoms with van der Waals surface area (Å²) in [6.07, 6.45) is 2.72. The summed E-state index contributed by atoms with van der Waals surface area (Å²) in [5, 5.41) is 12.4. The SMILES string of the molecule is COC(=O)c1cncc(Nc2cc(Cl)ccc2C#N)n1. The van der Waals surface area contributed by atoms with Crippen molar-refractivity contribution < 1.29 is 9.53 Å². The number of benzene rings is 1. The number of aromatic nitrogens is 2. The fraction of sp³-hybridized carbons (Fsp3) is 0.0769. The van der Waals surface area contributed by atoms with Crippen molar-refractivity contribution in [2.75, 3.05) is 12.4 Å². The van der Waals surface area contributed by atoms with Gasteiger partial charge in [0.2, 0.25) is 0 Å². The quantitative estimate of drug-likeness (QED) is 0.873. The molecule has 0 bridgehead atoms. The molecule has 0 saturated heterocycles. The molecule has 1 aromatic heterocycles. The van der Waals surface area contributed by atoms with Crippen molar-refractivity contribution in [2.24, 2.45) is 0 Å². The van der Waals surface area contributed by atoms with Gasteiger partial charge < -0.3 is 10.1 Å². The lowest BCUT2D eigenvalue weighted by Crippen LogP contribution is -2.07. The Morgan fingerprint density at radius 2 is 2.25 bits per heavy atom. The molecule has 0 aliphatic carbocycles. The van der Waals surface area contributed by atoms with E-state index >= 15 is 0 Å². The Morgan fingerprint density at radius 1 is 1.45 bits per heavy atom. The lowest BCUT2D eigenvalue weighted by atomic mass is 10.2. The number of nitrogens with one attached hydrogen (secondary N) is 1. The maximum Gasteiger partial charge on any atom is 0.358 e. The molecule has 0 fully saturated rings. The standard InChI is InChI=1S/C13H9ClN4O2/c1-20-13(19)11-6-16-7-12(18-11)17-10-4-9(14)3-2-8(10)5-15/h2-4,6-7H,1H3,(H,17,18). The molecule has 1 heterocycles. The molecular weight excluding hydrogens is 280 g/mol. The first-order valence-corrected chi connectivity index (χ1v) is 5.89. The Kier molecular flexibility index (Phi) is 4.13. The molecule has 1 N–H and O–H groups in total. The summed E-state index contributed by atoms with van der Waals surface area (Å²) < 4.78 is 4.56. The van der Waals surface area contributed by atoms with Crippen LogP contribution in [0.5, 0.6) is 0 Å². The third-order valence-electron chi connectivity index (χ3n) is 2.39. The minimum Gasteiger partial charge on any atom is -0.464 e. The van der Waals surface area contributed by atoms with Gasteiger partial charge in [-0.05, 0) is 18.2 Å². The zero-order valence-electron chi connectivity index (χ0n) is 10.4. The Labute approximate surface area is 120 Å². The molecular formula is C13H9ClN4O2. The molecule has 0 atom stereocenters. The molecule has 0 saturated carbocycles. The first kappa shape index (κ1) is 13.8. The van der Waals surface area contributed by atoms with Gasteiger partial charge in [-0.15, -0.1) is 0 Å². The van der Waals surface area contributed by atoms with E-state index in [1.165, 1.54) is 19.5 Å². The first-order chi connectivity index (χ1) is 9.63. The summed E-state index contributed by atoms with van der Waals surface area (Å²) >= 11 is 5.88. The number of carbonyl (C=O) groups is 1. The monoisotopic (exact) mass is 288 g/mol. The number of hydrogen-bond donors (Lipinski definition) is 1. The van der Waals surface area contributed by atoms with Crippen molar-refractivity contribution in [3.8, 4) is 6.07 Å². The number of nitrogens with zero attached hydrogens (tertiary/aromatic N) is 3. The van der Waals surface area contributed by atoms with Gasteiger partial charge in [-0.25, -0.2) is 9.78 Å². The highest BCUT2D eigenvalue weighted by Crippen LogP contribution is 2.23. The fourth-order valence-corrected chi connectivity index (χ4v) is 1.66. The van der Waals surface area contributed by atoms with E-state index in [2.05, 4.69) is 20.0 Å². The molecule has 100 valence electrons. The van der Waals surface area contributed by atoms with Crippen LogP contribution in [0, 0.1) is 11.3 Å². The number of ether oxygens (including phenoxy) is 1. The molecule has 0 radical (unpaired) electrons. The van der Waals surface area contributed by atoms with Crippen molar-refractivity contribution in [2.45, 2.75) is 0 Å². The van der Waals surface area contributed by atoms with Crippen LogP contribution in [-0.4, -0.2) is 23.0 Å². The summed E-state index contributed by atoms with van der Waals surface area (Å²) in [6, 6.07) is 6.82. The predicted molar refractivity (Wildman–Crippen MR) is 72.8 cm³/mol. The van der Waals surface area contributed by atoms with Crippen LogP contribution >= 0.6 is 11.6 Å². The smallest absolute Gasteiger partial charge is 0.358 e. The number of esters is 1. The number of carbonyl (C=O) groups excluding carboxylic acids is 1. The van der Waals surface area contributed by atoms with E-state index in [0.29, 0.717) is 22.1 Å². The van der Waals surface area contributed by atoms with Gasteiger partial charge in [-0.2, -0.15) is 5.26 Å². The van der Waals surface area contributed by atoms with E-state index in [9.17, 15) is 4.79 Å². The van der Waals surface area contributed by atoms with Gasteiger partial charge in [-0.3, -0.25) is 4.98 Å². The van der Waals surface area contributed by atoms with Crippen molar-refractivity contribution in [1.82, 2.24) is 9.97 Å². The maximum absolute atomic E-state index is 11.4. The maximum atomic E-state index is 11.4. The highest BCUT2D eigenvalue weighted by atomic mass is 35.5. The first-order valence-electron chi connectivity index (χ1n) is 5.51. The van der Waals surface area contributed by atoms with Crippen LogP contribution in [0.3, 0.4) is 0 Å². The fourth-order valence-electron chi connectivity index (χ4n) is 1.48. The van der Waals surface area contributed by atoms with Gasteiger partial charge >= 0.3 is 5.97 Å². The minimum atomic E-state index is -0.590. The Bertz CT molecular complexity index is 697. The van der Waals surface area contributed by atoms with Crippen LogP contribution in [0.4, 0.5) is 11.5 Å². The molecule has 0 aliphatic rings. The van der Waals surface area contributed by atoms with Crippen LogP contribution in [-0.2, 0) is 4.74 Å². The van der Waals surface area contributed by atoms with Gasteiger partial charge in [-0.1, -0.05) is 11.6 Å². The van der Waals surface area contributed by atoms with Gasteiger partial charge in [0.05, 0.1) is 30.8 Å². The second kappa shape index (κ2) is 5.99. The molecule has 0 amide bonds. The number of nitriles is 1. The third kappa shape index (κ3) is 3.02. The second-order valence-electron chi connectivity index (χ2n) is 3.71. The number of hydrogen-bond acceptors (Lipinski definition) is 6. The highest BCUT2D eigenvalue weighted by molar-refractivity contribution is 6.30. The second-order valence-corrected chi connectivity index (χ2v) is 4.14. The average Bonchev–Trinajstić information content (AvgIpc) is 2.47. The van der Waals surface area contributed by atoms with Gasteiger partial charge in [0.25, 0.3) is 0 Å².